The molecule has 0 saturated heterocycles. The third-order valence-corrected chi connectivity index (χ3v) is 2.32. The van der Waals surface area contributed by atoms with E-state index in [4.69, 9.17) is 0 Å². The van der Waals surface area contributed by atoms with Gasteiger partial charge in [-0.25, -0.2) is 0 Å². The van der Waals surface area contributed by atoms with Crippen LogP contribution in [0.3, 0.4) is 0 Å². The Bertz CT molecular complexity index is 173. The maximum Gasteiger partial charge on any atom is 0.0448 e. The highest BCUT2D eigenvalue weighted by molar-refractivity contribution is 5.67. The molecule has 76 valence electrons. The largest absolute Gasteiger partial charge is 0.550 e. The summed E-state index contributed by atoms with van der Waals surface area (Å²) < 4.78 is 0. The van der Waals surface area contributed by atoms with E-state index in [2.05, 4.69) is 13.0 Å². The Morgan fingerprint density at radius 2 is 2.08 bits per heavy atom. The number of aliphatic carboxylic acids is 1. The first-order chi connectivity index (χ1) is 6.09. The van der Waals surface area contributed by atoms with Crippen molar-refractivity contribution in [3.05, 3.63) is 12.2 Å². The van der Waals surface area contributed by atoms with Gasteiger partial charge in [0.05, 0.1) is 0 Å². The summed E-state index contributed by atoms with van der Waals surface area (Å²) in [5.41, 5.74) is 0. The Labute approximate surface area is 80.7 Å². The van der Waals surface area contributed by atoms with Crippen LogP contribution in [-0.4, -0.2) is 5.97 Å². The second-order valence-electron chi connectivity index (χ2n) is 3.54. The van der Waals surface area contributed by atoms with Crippen molar-refractivity contribution in [3.63, 3.8) is 0 Å². The number of hydrogen-bond donors (Lipinski definition) is 0. The van der Waals surface area contributed by atoms with Crippen molar-refractivity contribution >= 4 is 5.97 Å². The SMILES string of the molecule is CCCC/C=C/C(C)C(C)C(=O)[O-]. The smallest absolute Gasteiger partial charge is 0.0448 e. The van der Waals surface area contributed by atoms with Crippen molar-refractivity contribution in [2.45, 2.75) is 40.0 Å². The van der Waals surface area contributed by atoms with Crippen molar-refractivity contribution < 1.29 is 9.90 Å². The van der Waals surface area contributed by atoms with E-state index in [1.165, 1.54) is 12.8 Å². The van der Waals surface area contributed by atoms with E-state index in [0.717, 1.165) is 6.42 Å². The number of carbonyl (C=O) groups excluding carboxylic acids is 1. The minimum Gasteiger partial charge on any atom is -0.550 e. The molecule has 0 rings (SSSR count). The van der Waals surface area contributed by atoms with Gasteiger partial charge in [0.2, 0.25) is 0 Å². The van der Waals surface area contributed by atoms with Crippen LogP contribution in [-0.2, 0) is 4.79 Å². The monoisotopic (exact) mass is 183 g/mol. The topological polar surface area (TPSA) is 40.1 Å². The fraction of sp³-hybridized carbons (Fsp3) is 0.727. The van der Waals surface area contributed by atoms with Gasteiger partial charge in [-0.2, -0.15) is 0 Å². The highest BCUT2D eigenvalue weighted by atomic mass is 16.4. The van der Waals surface area contributed by atoms with Crippen LogP contribution >= 0.6 is 0 Å². The third-order valence-electron chi connectivity index (χ3n) is 2.32. The molecule has 0 aliphatic heterocycles. The van der Waals surface area contributed by atoms with Gasteiger partial charge in [-0.05, 0) is 12.3 Å². The lowest BCUT2D eigenvalue weighted by Gasteiger charge is -2.17. The zero-order chi connectivity index (χ0) is 10.3. The minimum atomic E-state index is -0.965. The maximum atomic E-state index is 10.5. The zero-order valence-electron chi connectivity index (χ0n) is 8.75. The van der Waals surface area contributed by atoms with Crippen LogP contribution in [0.5, 0.6) is 0 Å². The predicted molar refractivity (Wildman–Crippen MR) is 52.0 cm³/mol. The molecule has 0 radical (unpaired) electrons. The van der Waals surface area contributed by atoms with E-state index in [1.807, 2.05) is 13.0 Å². The van der Waals surface area contributed by atoms with E-state index in [9.17, 15) is 9.90 Å². The van der Waals surface area contributed by atoms with Crippen molar-refractivity contribution in [2.75, 3.05) is 0 Å². The van der Waals surface area contributed by atoms with Crippen molar-refractivity contribution in [1.82, 2.24) is 0 Å². The lowest BCUT2D eigenvalue weighted by molar-refractivity contribution is -0.312. The van der Waals surface area contributed by atoms with E-state index < -0.39 is 11.9 Å². The van der Waals surface area contributed by atoms with Crippen LogP contribution in [0.1, 0.15) is 40.0 Å². The van der Waals surface area contributed by atoms with Crippen molar-refractivity contribution in [3.8, 4) is 0 Å². The molecule has 0 N–H and O–H groups in total. The fourth-order valence-electron chi connectivity index (χ4n) is 1.01. The molecular formula is C11H19O2-. The summed E-state index contributed by atoms with van der Waals surface area (Å²) in [5, 5.41) is 10.5. The molecule has 0 bridgehead atoms. The normalized spacial score (nSPS) is 15.9. The van der Waals surface area contributed by atoms with Crippen LogP contribution in [0, 0.1) is 11.8 Å². The average Bonchev–Trinajstić information content (AvgIpc) is 2.10. The van der Waals surface area contributed by atoms with Gasteiger partial charge in [-0.15, -0.1) is 0 Å². The van der Waals surface area contributed by atoms with Gasteiger partial charge in [0.25, 0.3) is 0 Å². The molecule has 0 aromatic carbocycles. The molecule has 0 aliphatic rings. The number of unbranched alkanes of at least 4 members (excludes halogenated alkanes) is 2. The summed E-state index contributed by atoms with van der Waals surface area (Å²) in [6, 6.07) is 0. The summed E-state index contributed by atoms with van der Waals surface area (Å²) in [6.45, 7) is 5.73. The summed E-state index contributed by atoms with van der Waals surface area (Å²) >= 11 is 0. The van der Waals surface area contributed by atoms with E-state index >= 15 is 0 Å². The summed E-state index contributed by atoms with van der Waals surface area (Å²) in [4.78, 5) is 10.5. The first kappa shape index (κ1) is 12.2. The molecule has 2 heteroatoms. The van der Waals surface area contributed by atoms with Gasteiger partial charge in [0, 0.05) is 11.9 Å². The lowest BCUT2D eigenvalue weighted by Crippen LogP contribution is -2.32. The molecule has 2 unspecified atom stereocenters. The van der Waals surface area contributed by atoms with Crippen molar-refractivity contribution in [2.24, 2.45) is 11.8 Å². The van der Waals surface area contributed by atoms with Crippen LogP contribution in [0.2, 0.25) is 0 Å². The molecule has 0 heterocycles. The van der Waals surface area contributed by atoms with E-state index in [1.54, 1.807) is 6.92 Å². The predicted octanol–water partition coefficient (Wildman–Crippen LogP) is 1.75. The zero-order valence-corrected chi connectivity index (χ0v) is 8.75. The molecule has 13 heavy (non-hydrogen) atoms. The summed E-state index contributed by atoms with van der Waals surface area (Å²) in [7, 11) is 0. The van der Waals surface area contributed by atoms with Crippen LogP contribution < -0.4 is 5.11 Å². The number of rotatable bonds is 6. The summed E-state index contributed by atoms with van der Waals surface area (Å²) in [5.74, 6) is -1.28. The van der Waals surface area contributed by atoms with Gasteiger partial charge >= 0.3 is 0 Å². The number of carbonyl (C=O) groups is 1. The minimum absolute atomic E-state index is 0.0712. The summed E-state index contributed by atoms with van der Waals surface area (Å²) in [6.07, 6.45) is 7.42. The quantitative estimate of drug-likeness (QED) is 0.465. The van der Waals surface area contributed by atoms with Crippen molar-refractivity contribution in [1.29, 1.82) is 0 Å². The van der Waals surface area contributed by atoms with E-state index in [0.29, 0.717) is 0 Å². The molecule has 0 aromatic heterocycles. The third kappa shape index (κ3) is 5.45. The first-order valence-electron chi connectivity index (χ1n) is 4.97. The van der Waals surface area contributed by atoms with Gasteiger partial charge in [0.1, 0.15) is 0 Å². The van der Waals surface area contributed by atoms with Gasteiger partial charge in [-0.3, -0.25) is 0 Å². The number of carboxylic acid groups (broad SMARTS) is 1. The Kier molecular flexibility index (Phi) is 6.29. The second kappa shape index (κ2) is 6.70. The van der Waals surface area contributed by atoms with Gasteiger partial charge < -0.3 is 9.90 Å². The lowest BCUT2D eigenvalue weighted by atomic mass is 9.95. The molecule has 0 aromatic rings. The highest BCUT2D eigenvalue weighted by Crippen LogP contribution is 2.12. The Hall–Kier alpha value is -0.790. The Morgan fingerprint density at radius 3 is 2.54 bits per heavy atom. The van der Waals surface area contributed by atoms with Crippen LogP contribution in [0.4, 0.5) is 0 Å². The number of hydrogen-bond acceptors (Lipinski definition) is 2. The molecule has 0 aliphatic carbocycles. The highest BCUT2D eigenvalue weighted by Gasteiger charge is 2.08. The molecule has 0 amide bonds. The molecule has 0 saturated carbocycles. The van der Waals surface area contributed by atoms with Gasteiger partial charge in [0.15, 0.2) is 0 Å². The first-order valence-corrected chi connectivity index (χ1v) is 4.97. The fourth-order valence-corrected chi connectivity index (χ4v) is 1.01. The average molecular weight is 183 g/mol. The van der Waals surface area contributed by atoms with E-state index in [-0.39, 0.29) is 5.92 Å². The Balaban J connectivity index is 3.77. The number of allylic oxidation sites excluding steroid dienone is 2. The number of carboxylic acids is 1. The second-order valence-corrected chi connectivity index (χ2v) is 3.54. The van der Waals surface area contributed by atoms with Crippen LogP contribution in [0.15, 0.2) is 12.2 Å². The van der Waals surface area contributed by atoms with Crippen LogP contribution in [0.25, 0.3) is 0 Å². The molecule has 0 spiro atoms. The molecule has 2 atom stereocenters. The standard InChI is InChI=1S/C11H20O2/c1-4-5-6-7-8-9(2)10(3)11(12)13/h7-10H,4-6H2,1-3H3,(H,12,13)/p-1/b8-7+. The van der Waals surface area contributed by atoms with Gasteiger partial charge in [-0.1, -0.05) is 45.8 Å². The molecular weight excluding hydrogens is 164 g/mol. The Morgan fingerprint density at radius 1 is 1.46 bits per heavy atom. The molecule has 0 fully saturated rings. The molecule has 2 nitrogen and oxygen atoms in total. The maximum absolute atomic E-state index is 10.5.